The van der Waals surface area contributed by atoms with E-state index in [-0.39, 0.29) is 5.92 Å². The first-order valence-electron chi connectivity index (χ1n) is 9.79. The highest BCUT2D eigenvalue weighted by Crippen LogP contribution is 2.46. The van der Waals surface area contributed by atoms with Gasteiger partial charge in [0, 0.05) is 29.9 Å². The quantitative estimate of drug-likeness (QED) is 0.482. The van der Waals surface area contributed by atoms with Crippen molar-refractivity contribution in [2.45, 2.75) is 31.3 Å². The van der Waals surface area contributed by atoms with Crippen molar-refractivity contribution in [1.29, 1.82) is 0 Å². The van der Waals surface area contributed by atoms with Gasteiger partial charge < -0.3 is 15.6 Å². The number of nitrogens with two attached hydrogens (primary N) is 1. The molecule has 2 heterocycles. The number of nitrogen functional groups attached to an aromatic ring is 1. The Morgan fingerprint density at radius 3 is 2.63 bits per heavy atom. The Bertz CT molecular complexity index is 1230. The molecule has 152 valence electrons. The average molecular weight is 421 g/mol. The molecular weight excluding hydrogens is 400 g/mol. The number of anilines is 1. The van der Waals surface area contributed by atoms with Gasteiger partial charge >= 0.3 is 0 Å². The highest BCUT2D eigenvalue weighted by Gasteiger charge is 2.41. The van der Waals surface area contributed by atoms with Crippen molar-refractivity contribution in [3.8, 4) is 22.8 Å². The first kappa shape index (κ1) is 18.9. The molecule has 2 aromatic heterocycles. The zero-order chi connectivity index (χ0) is 20.9. The van der Waals surface area contributed by atoms with Crippen LogP contribution in [-0.4, -0.2) is 25.1 Å². The third-order valence-corrected chi connectivity index (χ3v) is 5.84. The van der Waals surface area contributed by atoms with Crippen molar-refractivity contribution in [3.05, 3.63) is 71.8 Å². The first-order chi connectivity index (χ1) is 14.4. The maximum Gasteiger partial charge on any atom is 0.150 e. The number of aliphatic hydroxyl groups is 1. The van der Waals surface area contributed by atoms with E-state index < -0.39 is 5.60 Å². The largest absolute Gasteiger partial charge is 0.457 e. The van der Waals surface area contributed by atoms with E-state index in [1.54, 1.807) is 12.3 Å². The summed E-state index contributed by atoms with van der Waals surface area (Å²) in [5.74, 6) is 2.78. The third kappa shape index (κ3) is 3.28. The number of hydrogen-bond acceptors (Lipinski definition) is 5. The normalized spacial score (nSPS) is 20.8. The van der Waals surface area contributed by atoms with Crippen LogP contribution in [0.1, 0.15) is 31.5 Å². The lowest BCUT2D eigenvalue weighted by Gasteiger charge is -2.40. The standard InChI is InChI=1S/C23H21ClN4O2/c1-23(29)12-14(13-23)22-27-19(20-21(25)26-9-10-28(20)22)17-8-7-16(11-18(17)24)30-15-5-3-2-4-6-15/h2-11,14,29H,12-13H2,1H3,(H2,25,26). The number of halogens is 1. The van der Waals surface area contributed by atoms with Crippen molar-refractivity contribution >= 4 is 22.9 Å². The first-order valence-corrected chi connectivity index (χ1v) is 10.2. The summed E-state index contributed by atoms with van der Waals surface area (Å²) in [6.07, 6.45) is 4.83. The van der Waals surface area contributed by atoms with E-state index in [9.17, 15) is 5.11 Å². The summed E-state index contributed by atoms with van der Waals surface area (Å²) in [7, 11) is 0. The number of benzene rings is 2. The molecule has 0 saturated heterocycles. The Morgan fingerprint density at radius 2 is 1.93 bits per heavy atom. The molecule has 1 aliphatic carbocycles. The summed E-state index contributed by atoms with van der Waals surface area (Å²) in [6.45, 7) is 1.85. The fraction of sp³-hybridized carbons (Fsp3) is 0.217. The number of aromatic nitrogens is 3. The van der Waals surface area contributed by atoms with Crippen LogP contribution in [0.15, 0.2) is 60.9 Å². The summed E-state index contributed by atoms with van der Waals surface area (Å²) in [4.78, 5) is 9.13. The van der Waals surface area contributed by atoms with Crippen LogP contribution in [-0.2, 0) is 0 Å². The molecule has 0 unspecified atom stereocenters. The molecule has 0 amide bonds. The van der Waals surface area contributed by atoms with Crippen molar-refractivity contribution < 1.29 is 9.84 Å². The molecule has 6 nitrogen and oxygen atoms in total. The van der Waals surface area contributed by atoms with Gasteiger partial charge in [0.25, 0.3) is 0 Å². The van der Waals surface area contributed by atoms with Crippen LogP contribution in [0.2, 0.25) is 5.02 Å². The Kier molecular flexibility index (Phi) is 4.41. The minimum absolute atomic E-state index is 0.155. The fourth-order valence-electron chi connectivity index (χ4n) is 4.12. The van der Waals surface area contributed by atoms with E-state index in [1.165, 1.54) is 0 Å². The summed E-state index contributed by atoms with van der Waals surface area (Å²) in [5, 5.41) is 10.7. The van der Waals surface area contributed by atoms with Crippen LogP contribution in [0.5, 0.6) is 11.5 Å². The zero-order valence-electron chi connectivity index (χ0n) is 16.4. The van der Waals surface area contributed by atoms with E-state index in [0.29, 0.717) is 35.1 Å². The van der Waals surface area contributed by atoms with Gasteiger partial charge in [0.2, 0.25) is 0 Å². The number of para-hydroxylation sites is 1. The van der Waals surface area contributed by atoms with E-state index in [4.69, 9.17) is 27.1 Å². The van der Waals surface area contributed by atoms with Gasteiger partial charge in [-0.15, -0.1) is 0 Å². The minimum Gasteiger partial charge on any atom is -0.457 e. The second-order valence-corrected chi connectivity index (χ2v) is 8.42. The molecule has 3 N–H and O–H groups in total. The van der Waals surface area contributed by atoms with Gasteiger partial charge in [-0.2, -0.15) is 0 Å². The second kappa shape index (κ2) is 7.00. The van der Waals surface area contributed by atoms with Crippen LogP contribution < -0.4 is 10.5 Å². The Labute approximate surface area is 178 Å². The molecule has 0 atom stereocenters. The topological polar surface area (TPSA) is 85.7 Å². The number of imidazole rings is 1. The predicted molar refractivity (Wildman–Crippen MR) is 117 cm³/mol. The van der Waals surface area contributed by atoms with E-state index in [1.807, 2.05) is 60.0 Å². The molecule has 4 aromatic rings. The lowest BCUT2D eigenvalue weighted by molar-refractivity contribution is -0.0335. The molecule has 0 bridgehead atoms. The van der Waals surface area contributed by atoms with Crippen LogP contribution in [0.25, 0.3) is 16.8 Å². The molecule has 0 radical (unpaired) electrons. The van der Waals surface area contributed by atoms with Gasteiger partial charge in [-0.05, 0) is 44.0 Å². The SMILES string of the molecule is CC1(O)CC(c2nc(-c3ccc(Oc4ccccc4)cc3Cl)c3c(N)nccn23)C1. The maximum absolute atomic E-state index is 10.2. The second-order valence-electron chi connectivity index (χ2n) is 8.01. The Balaban J connectivity index is 1.56. The molecule has 1 saturated carbocycles. The number of fused-ring (bicyclic) bond motifs is 1. The highest BCUT2D eigenvalue weighted by molar-refractivity contribution is 6.33. The summed E-state index contributed by atoms with van der Waals surface area (Å²) >= 11 is 6.63. The molecule has 0 spiro atoms. The number of rotatable bonds is 4. The molecule has 30 heavy (non-hydrogen) atoms. The van der Waals surface area contributed by atoms with E-state index in [2.05, 4.69) is 4.98 Å². The molecular formula is C23H21ClN4O2. The molecule has 5 rings (SSSR count). The van der Waals surface area contributed by atoms with Gasteiger partial charge in [0.15, 0.2) is 0 Å². The highest BCUT2D eigenvalue weighted by atomic mass is 35.5. The van der Waals surface area contributed by atoms with Crippen LogP contribution in [0.3, 0.4) is 0 Å². The van der Waals surface area contributed by atoms with Crippen molar-refractivity contribution in [3.63, 3.8) is 0 Å². The zero-order valence-corrected chi connectivity index (χ0v) is 17.2. The van der Waals surface area contributed by atoms with E-state index >= 15 is 0 Å². The van der Waals surface area contributed by atoms with Gasteiger partial charge in [0.05, 0.1) is 10.6 Å². The third-order valence-electron chi connectivity index (χ3n) is 5.52. The lowest BCUT2D eigenvalue weighted by Crippen LogP contribution is -2.40. The van der Waals surface area contributed by atoms with Gasteiger partial charge in [0.1, 0.15) is 34.4 Å². The lowest BCUT2D eigenvalue weighted by atomic mass is 9.72. The monoisotopic (exact) mass is 420 g/mol. The maximum atomic E-state index is 10.2. The predicted octanol–water partition coefficient (Wildman–Crippen LogP) is 5.05. The number of ether oxygens (including phenoxy) is 1. The van der Waals surface area contributed by atoms with Crippen molar-refractivity contribution in [1.82, 2.24) is 14.4 Å². The number of nitrogens with zero attached hydrogens (tertiary/aromatic N) is 3. The molecule has 0 aliphatic heterocycles. The van der Waals surface area contributed by atoms with Gasteiger partial charge in [-0.1, -0.05) is 29.8 Å². The van der Waals surface area contributed by atoms with Crippen molar-refractivity contribution in [2.24, 2.45) is 0 Å². The molecule has 7 heteroatoms. The molecule has 1 fully saturated rings. The van der Waals surface area contributed by atoms with E-state index in [0.717, 1.165) is 22.7 Å². The molecule has 1 aliphatic rings. The van der Waals surface area contributed by atoms with Crippen LogP contribution in [0.4, 0.5) is 5.82 Å². The van der Waals surface area contributed by atoms with Crippen LogP contribution >= 0.6 is 11.6 Å². The minimum atomic E-state index is -0.649. The smallest absolute Gasteiger partial charge is 0.150 e. The van der Waals surface area contributed by atoms with Gasteiger partial charge in [-0.25, -0.2) is 9.97 Å². The summed E-state index contributed by atoms with van der Waals surface area (Å²) < 4.78 is 7.84. The Morgan fingerprint density at radius 1 is 1.17 bits per heavy atom. The molecule has 2 aromatic carbocycles. The average Bonchev–Trinajstić information content (AvgIpc) is 3.07. The van der Waals surface area contributed by atoms with Gasteiger partial charge in [-0.3, -0.25) is 4.40 Å². The summed E-state index contributed by atoms with van der Waals surface area (Å²) in [5.41, 5.74) is 7.72. The number of hydrogen-bond donors (Lipinski definition) is 2. The fourth-order valence-corrected chi connectivity index (χ4v) is 4.38. The Hall–Kier alpha value is -3.09. The van der Waals surface area contributed by atoms with Crippen molar-refractivity contribution in [2.75, 3.05) is 5.73 Å². The summed E-state index contributed by atoms with van der Waals surface area (Å²) in [6, 6.07) is 15.1. The van der Waals surface area contributed by atoms with Crippen LogP contribution in [0, 0.1) is 0 Å².